The lowest BCUT2D eigenvalue weighted by Gasteiger charge is -2.11. The lowest BCUT2D eigenvalue weighted by Crippen LogP contribution is -2.20. The zero-order valence-electron chi connectivity index (χ0n) is 16.5. The molecular weight excluding hydrogens is 423 g/mol. The van der Waals surface area contributed by atoms with E-state index < -0.39 is 0 Å². The number of hydrogen-bond donors (Lipinski definition) is 2. The molecule has 3 aromatic rings. The molecule has 0 atom stereocenters. The summed E-state index contributed by atoms with van der Waals surface area (Å²) < 4.78 is 5.41. The third-order valence-corrected chi connectivity index (χ3v) is 4.84. The molecule has 2 N–H and O–H groups in total. The Labute approximate surface area is 185 Å². The van der Waals surface area contributed by atoms with Gasteiger partial charge in [0, 0.05) is 22.0 Å². The molecule has 0 aliphatic carbocycles. The Hall–Kier alpha value is -3.02. The van der Waals surface area contributed by atoms with E-state index in [1.165, 1.54) is 6.07 Å². The summed E-state index contributed by atoms with van der Waals surface area (Å²) in [6, 6.07) is 17.2. The number of ether oxygens (including phenoxy) is 1. The number of anilines is 2. The molecule has 3 rings (SSSR count). The van der Waals surface area contributed by atoms with Crippen LogP contribution in [0.25, 0.3) is 0 Å². The Morgan fingerprint density at radius 2 is 1.63 bits per heavy atom. The van der Waals surface area contributed by atoms with Crippen LogP contribution in [0.1, 0.15) is 21.5 Å². The highest BCUT2D eigenvalue weighted by Gasteiger charge is 2.10. The van der Waals surface area contributed by atoms with Gasteiger partial charge in [-0.1, -0.05) is 40.9 Å². The molecule has 0 unspecified atom stereocenters. The van der Waals surface area contributed by atoms with Crippen LogP contribution in [-0.4, -0.2) is 18.4 Å². The van der Waals surface area contributed by atoms with Gasteiger partial charge in [-0.3, -0.25) is 9.59 Å². The van der Waals surface area contributed by atoms with Crippen molar-refractivity contribution in [2.75, 3.05) is 17.2 Å². The van der Waals surface area contributed by atoms with Crippen LogP contribution in [-0.2, 0) is 4.79 Å². The van der Waals surface area contributed by atoms with Gasteiger partial charge < -0.3 is 15.4 Å². The Bertz CT molecular complexity index is 1080. The molecule has 7 heteroatoms. The first-order chi connectivity index (χ1) is 14.3. The van der Waals surface area contributed by atoms with E-state index in [-0.39, 0.29) is 18.4 Å². The molecule has 0 aliphatic heterocycles. The molecule has 0 saturated carbocycles. The van der Waals surface area contributed by atoms with Crippen molar-refractivity contribution < 1.29 is 14.3 Å². The van der Waals surface area contributed by atoms with Gasteiger partial charge >= 0.3 is 0 Å². The Morgan fingerprint density at radius 1 is 0.900 bits per heavy atom. The van der Waals surface area contributed by atoms with Crippen LogP contribution in [0.3, 0.4) is 0 Å². The molecule has 154 valence electrons. The van der Waals surface area contributed by atoms with E-state index in [2.05, 4.69) is 10.6 Å². The van der Waals surface area contributed by atoms with Crippen molar-refractivity contribution >= 4 is 46.4 Å². The molecule has 3 aromatic carbocycles. The Morgan fingerprint density at radius 3 is 2.30 bits per heavy atom. The van der Waals surface area contributed by atoms with E-state index in [1.807, 2.05) is 32.0 Å². The number of aryl methyl sites for hydroxylation is 2. The monoisotopic (exact) mass is 442 g/mol. The predicted molar refractivity (Wildman–Crippen MR) is 121 cm³/mol. The first-order valence-electron chi connectivity index (χ1n) is 9.18. The van der Waals surface area contributed by atoms with E-state index in [0.29, 0.717) is 27.0 Å². The SMILES string of the molecule is Cc1ccc(NC(=O)c2ccc(NC(=O)COc3ccc(Cl)cc3Cl)cc2)c(C)c1. The van der Waals surface area contributed by atoms with E-state index >= 15 is 0 Å². The van der Waals surface area contributed by atoms with E-state index in [1.54, 1.807) is 36.4 Å². The molecule has 0 saturated heterocycles. The van der Waals surface area contributed by atoms with Gasteiger partial charge in [0.2, 0.25) is 0 Å². The summed E-state index contributed by atoms with van der Waals surface area (Å²) in [6.07, 6.45) is 0. The van der Waals surface area contributed by atoms with E-state index in [4.69, 9.17) is 27.9 Å². The standard InChI is InChI=1S/C23H20Cl2N2O3/c1-14-3-9-20(15(2)11-14)27-23(29)16-4-7-18(8-5-16)26-22(28)13-30-21-10-6-17(24)12-19(21)25/h3-12H,13H2,1-2H3,(H,26,28)(H,27,29). The highest BCUT2D eigenvalue weighted by molar-refractivity contribution is 6.35. The van der Waals surface area contributed by atoms with Crippen LogP contribution in [0.15, 0.2) is 60.7 Å². The van der Waals surface area contributed by atoms with Crippen molar-refractivity contribution in [1.82, 2.24) is 0 Å². The topological polar surface area (TPSA) is 67.4 Å². The average molecular weight is 443 g/mol. The van der Waals surface area contributed by atoms with Crippen LogP contribution in [0, 0.1) is 13.8 Å². The normalized spacial score (nSPS) is 10.4. The lowest BCUT2D eigenvalue weighted by atomic mass is 10.1. The fourth-order valence-electron chi connectivity index (χ4n) is 2.79. The minimum atomic E-state index is -0.353. The number of rotatable bonds is 6. The van der Waals surface area contributed by atoms with Crippen molar-refractivity contribution in [3.8, 4) is 5.75 Å². The number of nitrogens with one attached hydrogen (secondary N) is 2. The lowest BCUT2D eigenvalue weighted by molar-refractivity contribution is -0.118. The number of amides is 2. The van der Waals surface area contributed by atoms with Crippen molar-refractivity contribution in [3.05, 3.63) is 87.4 Å². The summed E-state index contributed by atoms with van der Waals surface area (Å²) in [5, 5.41) is 6.42. The van der Waals surface area contributed by atoms with Gasteiger partial charge in [0.15, 0.2) is 6.61 Å². The van der Waals surface area contributed by atoms with Crippen LogP contribution >= 0.6 is 23.2 Å². The van der Waals surface area contributed by atoms with Gasteiger partial charge in [-0.15, -0.1) is 0 Å². The molecule has 0 aromatic heterocycles. The maximum atomic E-state index is 12.5. The summed E-state index contributed by atoms with van der Waals surface area (Å²) in [5.74, 6) is -0.205. The van der Waals surface area contributed by atoms with Crippen LogP contribution < -0.4 is 15.4 Å². The van der Waals surface area contributed by atoms with Crippen LogP contribution in [0.2, 0.25) is 10.0 Å². The molecular formula is C23H20Cl2N2O3. The van der Waals surface area contributed by atoms with Gasteiger partial charge in [0.1, 0.15) is 5.75 Å². The average Bonchev–Trinajstić information content (AvgIpc) is 2.70. The zero-order valence-corrected chi connectivity index (χ0v) is 18.0. The molecule has 0 aliphatic rings. The third kappa shape index (κ3) is 5.75. The summed E-state index contributed by atoms with van der Waals surface area (Å²) in [7, 11) is 0. The van der Waals surface area contributed by atoms with E-state index in [9.17, 15) is 9.59 Å². The maximum absolute atomic E-state index is 12.5. The fourth-order valence-corrected chi connectivity index (χ4v) is 3.25. The summed E-state index contributed by atoms with van der Waals surface area (Å²) >= 11 is 11.8. The van der Waals surface area contributed by atoms with Gasteiger partial charge in [-0.05, 0) is 67.9 Å². The van der Waals surface area contributed by atoms with Crippen LogP contribution in [0.4, 0.5) is 11.4 Å². The van der Waals surface area contributed by atoms with Gasteiger partial charge in [0.05, 0.1) is 5.02 Å². The summed E-state index contributed by atoms with van der Waals surface area (Å²) in [6.45, 7) is 3.73. The molecule has 30 heavy (non-hydrogen) atoms. The third-order valence-electron chi connectivity index (χ3n) is 4.31. The van der Waals surface area contributed by atoms with Gasteiger partial charge in [-0.25, -0.2) is 0 Å². The minimum Gasteiger partial charge on any atom is -0.482 e. The molecule has 0 radical (unpaired) electrons. The van der Waals surface area contributed by atoms with Gasteiger partial charge in [0.25, 0.3) is 11.8 Å². The van der Waals surface area contributed by atoms with Crippen molar-refractivity contribution in [1.29, 1.82) is 0 Å². The largest absolute Gasteiger partial charge is 0.482 e. The fraction of sp³-hybridized carbons (Fsp3) is 0.130. The first kappa shape index (κ1) is 21.7. The second-order valence-electron chi connectivity index (χ2n) is 6.76. The predicted octanol–water partition coefficient (Wildman–Crippen LogP) is 5.88. The first-order valence-corrected chi connectivity index (χ1v) is 9.94. The number of benzene rings is 3. The highest BCUT2D eigenvalue weighted by atomic mass is 35.5. The molecule has 5 nitrogen and oxygen atoms in total. The van der Waals surface area contributed by atoms with Gasteiger partial charge in [-0.2, -0.15) is 0 Å². The number of hydrogen-bond acceptors (Lipinski definition) is 3. The molecule has 2 amide bonds. The molecule has 0 fully saturated rings. The highest BCUT2D eigenvalue weighted by Crippen LogP contribution is 2.27. The molecule has 0 bridgehead atoms. The van der Waals surface area contributed by atoms with Crippen LogP contribution in [0.5, 0.6) is 5.75 Å². The number of carbonyl (C=O) groups excluding carboxylic acids is 2. The smallest absolute Gasteiger partial charge is 0.262 e. The second kappa shape index (κ2) is 9.65. The van der Waals surface area contributed by atoms with E-state index in [0.717, 1.165) is 16.8 Å². The summed E-state index contributed by atoms with van der Waals surface area (Å²) in [4.78, 5) is 24.6. The zero-order chi connectivity index (χ0) is 21.7. The second-order valence-corrected chi connectivity index (χ2v) is 7.61. The molecule has 0 spiro atoms. The minimum absolute atomic E-state index is 0.212. The van der Waals surface area contributed by atoms with Crippen molar-refractivity contribution in [2.45, 2.75) is 13.8 Å². The summed E-state index contributed by atoms with van der Waals surface area (Å²) in [5.41, 5.74) is 3.92. The number of halogens is 2. The Balaban J connectivity index is 1.55. The quantitative estimate of drug-likeness (QED) is 0.500. The molecule has 0 heterocycles. The van der Waals surface area contributed by atoms with Crippen molar-refractivity contribution in [3.63, 3.8) is 0 Å². The number of carbonyl (C=O) groups is 2. The Kier molecular flexibility index (Phi) is 6.98. The maximum Gasteiger partial charge on any atom is 0.262 e. The van der Waals surface area contributed by atoms with Crippen molar-refractivity contribution in [2.24, 2.45) is 0 Å².